The van der Waals surface area contributed by atoms with Crippen LogP contribution in [0.25, 0.3) is 0 Å². The van der Waals surface area contributed by atoms with Gasteiger partial charge in [-0.05, 0) is 37.2 Å². The zero-order valence-corrected chi connectivity index (χ0v) is 12.4. The molecule has 1 saturated carbocycles. The van der Waals surface area contributed by atoms with Crippen molar-refractivity contribution in [2.24, 2.45) is 16.1 Å². The Bertz CT molecular complexity index is 472. The second-order valence-corrected chi connectivity index (χ2v) is 6.03. The van der Waals surface area contributed by atoms with Crippen LogP contribution in [0.4, 0.5) is 0 Å². The Morgan fingerprint density at radius 2 is 2.05 bits per heavy atom. The van der Waals surface area contributed by atoms with Crippen LogP contribution in [0, 0.1) is 5.41 Å². The highest BCUT2D eigenvalue weighted by atomic mass is 15.1. The number of guanidine groups is 1. The summed E-state index contributed by atoms with van der Waals surface area (Å²) in [6.45, 7) is 7.33. The lowest BCUT2D eigenvalue weighted by Crippen LogP contribution is -2.38. The fraction of sp³-hybridized carbons (Fsp3) is 0.471. The third kappa shape index (κ3) is 4.12. The van der Waals surface area contributed by atoms with Crippen molar-refractivity contribution in [3.63, 3.8) is 0 Å². The number of hydrogen-bond acceptors (Lipinski definition) is 1. The highest BCUT2D eigenvalue weighted by Crippen LogP contribution is 2.43. The van der Waals surface area contributed by atoms with E-state index in [0.29, 0.717) is 17.9 Å². The van der Waals surface area contributed by atoms with E-state index in [1.807, 2.05) is 6.92 Å². The maximum absolute atomic E-state index is 5.90. The number of hydrogen-bond donors (Lipinski definition) is 2. The van der Waals surface area contributed by atoms with Crippen LogP contribution in [0.15, 0.2) is 47.5 Å². The second kappa shape index (κ2) is 6.60. The average molecular weight is 271 g/mol. The molecule has 0 heterocycles. The van der Waals surface area contributed by atoms with Gasteiger partial charge in [0.1, 0.15) is 0 Å². The molecule has 108 valence electrons. The summed E-state index contributed by atoms with van der Waals surface area (Å²) in [5.41, 5.74) is 8.68. The zero-order valence-electron chi connectivity index (χ0n) is 12.4. The van der Waals surface area contributed by atoms with Gasteiger partial charge in [-0.1, -0.05) is 48.9 Å². The van der Waals surface area contributed by atoms with Gasteiger partial charge in [0.15, 0.2) is 5.96 Å². The summed E-state index contributed by atoms with van der Waals surface area (Å²) in [4.78, 5) is 4.53. The highest BCUT2D eigenvalue weighted by molar-refractivity contribution is 5.78. The molecule has 0 aromatic heterocycles. The Morgan fingerprint density at radius 1 is 1.35 bits per heavy atom. The first kappa shape index (κ1) is 14.6. The summed E-state index contributed by atoms with van der Waals surface area (Å²) in [7, 11) is 0. The summed E-state index contributed by atoms with van der Waals surface area (Å²) in [6.07, 6.45) is 4.91. The minimum Gasteiger partial charge on any atom is -0.370 e. The third-order valence-corrected chi connectivity index (χ3v) is 3.99. The van der Waals surface area contributed by atoms with Gasteiger partial charge in [-0.25, -0.2) is 0 Å². The van der Waals surface area contributed by atoms with Crippen LogP contribution in [-0.2, 0) is 6.42 Å². The topological polar surface area (TPSA) is 50.4 Å². The summed E-state index contributed by atoms with van der Waals surface area (Å²) in [5.74, 6) is 0.535. The molecule has 1 aromatic rings. The predicted octanol–water partition coefficient (Wildman–Crippen LogP) is 2.88. The molecule has 3 heteroatoms. The fourth-order valence-corrected chi connectivity index (χ4v) is 2.65. The Hall–Kier alpha value is -1.77. The van der Waals surface area contributed by atoms with Gasteiger partial charge in [-0.2, -0.15) is 0 Å². The van der Waals surface area contributed by atoms with Gasteiger partial charge in [-0.3, -0.25) is 4.99 Å². The molecular formula is C17H25N3. The minimum absolute atomic E-state index is 0.316. The Balaban J connectivity index is 1.91. The molecule has 0 radical (unpaired) electrons. The monoisotopic (exact) mass is 271 g/mol. The highest BCUT2D eigenvalue weighted by Gasteiger charge is 2.36. The van der Waals surface area contributed by atoms with Gasteiger partial charge < -0.3 is 11.1 Å². The third-order valence-electron chi connectivity index (χ3n) is 3.99. The number of rotatable bonds is 6. The van der Waals surface area contributed by atoms with Crippen molar-refractivity contribution in [2.45, 2.75) is 32.6 Å². The first-order valence-corrected chi connectivity index (χ1v) is 7.32. The lowest BCUT2D eigenvalue weighted by molar-refractivity contribution is 0.145. The molecule has 1 fully saturated rings. The van der Waals surface area contributed by atoms with E-state index in [4.69, 9.17) is 5.73 Å². The average Bonchev–Trinajstić information content (AvgIpc) is 2.40. The van der Waals surface area contributed by atoms with Crippen molar-refractivity contribution in [1.82, 2.24) is 5.32 Å². The van der Waals surface area contributed by atoms with E-state index < -0.39 is 0 Å². The van der Waals surface area contributed by atoms with Gasteiger partial charge in [0, 0.05) is 13.1 Å². The van der Waals surface area contributed by atoms with Crippen LogP contribution in [0.1, 0.15) is 31.7 Å². The van der Waals surface area contributed by atoms with E-state index in [-0.39, 0.29) is 0 Å². The molecule has 2 rings (SSSR count). The van der Waals surface area contributed by atoms with E-state index in [2.05, 4.69) is 47.2 Å². The molecule has 1 aromatic carbocycles. The van der Waals surface area contributed by atoms with Crippen molar-refractivity contribution in [2.75, 3.05) is 13.1 Å². The minimum atomic E-state index is 0.316. The van der Waals surface area contributed by atoms with Gasteiger partial charge in [-0.15, -0.1) is 0 Å². The van der Waals surface area contributed by atoms with E-state index in [1.165, 1.54) is 24.8 Å². The normalized spacial score (nSPS) is 17.4. The molecule has 3 nitrogen and oxygen atoms in total. The van der Waals surface area contributed by atoms with E-state index in [9.17, 15) is 0 Å². The fourth-order valence-electron chi connectivity index (χ4n) is 2.65. The first-order valence-electron chi connectivity index (χ1n) is 7.32. The lowest BCUT2D eigenvalue weighted by Gasteiger charge is -2.41. The SMILES string of the molecule is C=C(C)CNC(N)=NCC1(Cc2ccccc2)CCC1. The van der Waals surface area contributed by atoms with Crippen LogP contribution in [-0.4, -0.2) is 19.0 Å². The van der Waals surface area contributed by atoms with Crippen LogP contribution >= 0.6 is 0 Å². The maximum Gasteiger partial charge on any atom is 0.188 e. The molecule has 0 unspecified atom stereocenters. The quantitative estimate of drug-likeness (QED) is 0.475. The Labute approximate surface area is 122 Å². The summed E-state index contributed by atoms with van der Waals surface area (Å²) < 4.78 is 0. The maximum atomic E-state index is 5.90. The number of nitrogens with two attached hydrogens (primary N) is 1. The van der Waals surface area contributed by atoms with Crippen molar-refractivity contribution in [1.29, 1.82) is 0 Å². The standard InChI is InChI=1S/C17H25N3/c1-14(2)12-19-16(18)20-13-17(9-6-10-17)11-15-7-4-3-5-8-15/h3-5,7-8H,1,6,9-13H2,2H3,(H3,18,19,20). The van der Waals surface area contributed by atoms with Crippen LogP contribution < -0.4 is 11.1 Å². The van der Waals surface area contributed by atoms with Crippen molar-refractivity contribution in [3.8, 4) is 0 Å². The summed E-state index contributed by atoms with van der Waals surface area (Å²) in [6, 6.07) is 10.7. The second-order valence-electron chi connectivity index (χ2n) is 6.03. The Kier molecular flexibility index (Phi) is 4.83. The number of nitrogens with zero attached hydrogens (tertiary/aromatic N) is 1. The first-order chi connectivity index (χ1) is 9.60. The van der Waals surface area contributed by atoms with Crippen molar-refractivity contribution in [3.05, 3.63) is 48.0 Å². The summed E-state index contributed by atoms with van der Waals surface area (Å²) in [5, 5.41) is 3.09. The lowest BCUT2D eigenvalue weighted by atomic mass is 9.65. The molecule has 1 aliphatic carbocycles. The van der Waals surface area contributed by atoms with Crippen LogP contribution in [0.3, 0.4) is 0 Å². The molecule has 0 saturated heterocycles. The summed E-state index contributed by atoms with van der Waals surface area (Å²) >= 11 is 0. The smallest absolute Gasteiger partial charge is 0.188 e. The molecule has 0 bridgehead atoms. The van der Waals surface area contributed by atoms with E-state index >= 15 is 0 Å². The number of benzene rings is 1. The number of nitrogens with one attached hydrogen (secondary N) is 1. The molecule has 0 atom stereocenters. The van der Waals surface area contributed by atoms with E-state index in [1.54, 1.807) is 0 Å². The molecule has 1 aliphatic rings. The van der Waals surface area contributed by atoms with Crippen LogP contribution in [0.2, 0.25) is 0 Å². The molecule has 0 aliphatic heterocycles. The molecular weight excluding hydrogens is 246 g/mol. The Morgan fingerprint density at radius 3 is 2.60 bits per heavy atom. The molecule has 3 N–H and O–H groups in total. The van der Waals surface area contributed by atoms with Gasteiger partial charge in [0.25, 0.3) is 0 Å². The predicted molar refractivity (Wildman–Crippen MR) is 85.7 cm³/mol. The van der Waals surface area contributed by atoms with Crippen molar-refractivity contribution >= 4 is 5.96 Å². The van der Waals surface area contributed by atoms with Gasteiger partial charge >= 0.3 is 0 Å². The zero-order chi connectivity index (χ0) is 14.4. The largest absolute Gasteiger partial charge is 0.370 e. The molecule has 0 amide bonds. The van der Waals surface area contributed by atoms with Gasteiger partial charge in [0.05, 0.1) is 0 Å². The van der Waals surface area contributed by atoms with E-state index in [0.717, 1.165) is 18.5 Å². The number of aliphatic imine (C=N–C) groups is 1. The molecule has 0 spiro atoms. The van der Waals surface area contributed by atoms with Crippen LogP contribution in [0.5, 0.6) is 0 Å². The van der Waals surface area contributed by atoms with Gasteiger partial charge in [0.2, 0.25) is 0 Å². The van der Waals surface area contributed by atoms with Crippen molar-refractivity contribution < 1.29 is 0 Å². The molecule has 20 heavy (non-hydrogen) atoms.